The minimum Gasteiger partial charge on any atom is -0.481 e. The molecule has 1 aromatic carbocycles. The van der Waals surface area contributed by atoms with Crippen LogP contribution in [-0.2, 0) is 4.79 Å². The van der Waals surface area contributed by atoms with Crippen LogP contribution in [0.1, 0.15) is 13.3 Å². The van der Waals surface area contributed by atoms with E-state index in [-0.39, 0.29) is 12.0 Å². The lowest BCUT2D eigenvalue weighted by atomic mass is 10.0. The quantitative estimate of drug-likeness (QED) is 0.897. The van der Waals surface area contributed by atoms with E-state index >= 15 is 0 Å². The molecule has 2 aromatic rings. The normalized spacial score (nSPS) is 22.9. The van der Waals surface area contributed by atoms with Gasteiger partial charge in [0.15, 0.2) is 0 Å². The first-order valence-electron chi connectivity index (χ1n) is 6.51. The standard InChI is InChI=1S/C15H16N2O2/c1-10-11(15(18)19)7-9-17(10)14-6-8-16-13-5-3-2-4-12(13)14/h2-6,8,10-11H,7,9H2,1H3,(H,18,19). The van der Waals surface area contributed by atoms with Crippen molar-refractivity contribution in [2.24, 2.45) is 5.92 Å². The Kier molecular flexibility index (Phi) is 2.85. The average molecular weight is 256 g/mol. The Bertz CT molecular complexity index is 621. The van der Waals surface area contributed by atoms with E-state index in [0.29, 0.717) is 6.42 Å². The number of rotatable bonds is 2. The first-order chi connectivity index (χ1) is 9.18. The maximum atomic E-state index is 11.2. The first kappa shape index (κ1) is 12.0. The number of anilines is 1. The van der Waals surface area contributed by atoms with Crippen LogP contribution in [0, 0.1) is 5.92 Å². The topological polar surface area (TPSA) is 53.4 Å². The van der Waals surface area contributed by atoms with Crippen molar-refractivity contribution in [2.75, 3.05) is 11.4 Å². The summed E-state index contributed by atoms with van der Waals surface area (Å²) in [5, 5.41) is 10.3. The van der Waals surface area contributed by atoms with Crippen molar-refractivity contribution in [2.45, 2.75) is 19.4 Å². The minimum atomic E-state index is -0.701. The lowest BCUT2D eigenvalue weighted by Gasteiger charge is -2.26. The number of hydrogen-bond donors (Lipinski definition) is 1. The number of aliphatic carboxylic acids is 1. The fourth-order valence-electron chi connectivity index (χ4n) is 2.94. The number of carboxylic acid groups (broad SMARTS) is 1. The molecule has 1 saturated heterocycles. The van der Waals surface area contributed by atoms with Gasteiger partial charge in [0.05, 0.1) is 11.4 Å². The minimum absolute atomic E-state index is 0.0170. The molecule has 1 aliphatic rings. The summed E-state index contributed by atoms with van der Waals surface area (Å²) in [6, 6.07) is 9.97. The largest absolute Gasteiger partial charge is 0.481 e. The molecule has 1 aliphatic heterocycles. The fourth-order valence-corrected chi connectivity index (χ4v) is 2.94. The molecule has 0 bridgehead atoms. The van der Waals surface area contributed by atoms with Gasteiger partial charge in [0, 0.05) is 29.9 Å². The molecule has 19 heavy (non-hydrogen) atoms. The van der Waals surface area contributed by atoms with Crippen molar-refractivity contribution < 1.29 is 9.90 Å². The van der Waals surface area contributed by atoms with Crippen LogP contribution < -0.4 is 4.90 Å². The lowest BCUT2D eigenvalue weighted by Crippen LogP contribution is -2.33. The second-order valence-electron chi connectivity index (χ2n) is 5.01. The number of hydrogen-bond acceptors (Lipinski definition) is 3. The number of carbonyl (C=O) groups is 1. The van der Waals surface area contributed by atoms with E-state index in [1.54, 1.807) is 6.20 Å². The molecule has 2 atom stereocenters. The molecular weight excluding hydrogens is 240 g/mol. The average Bonchev–Trinajstić information content (AvgIpc) is 2.80. The monoisotopic (exact) mass is 256 g/mol. The molecule has 1 fully saturated rings. The zero-order chi connectivity index (χ0) is 13.4. The van der Waals surface area contributed by atoms with Crippen LogP contribution >= 0.6 is 0 Å². The number of benzene rings is 1. The highest BCUT2D eigenvalue weighted by Crippen LogP contribution is 2.33. The zero-order valence-corrected chi connectivity index (χ0v) is 10.8. The predicted octanol–water partition coefficient (Wildman–Crippen LogP) is 2.53. The van der Waals surface area contributed by atoms with E-state index in [0.717, 1.165) is 23.1 Å². The summed E-state index contributed by atoms with van der Waals surface area (Å²) < 4.78 is 0. The van der Waals surface area contributed by atoms with Crippen molar-refractivity contribution >= 4 is 22.6 Å². The summed E-state index contributed by atoms with van der Waals surface area (Å²) in [7, 11) is 0. The van der Waals surface area contributed by atoms with E-state index in [1.807, 2.05) is 37.3 Å². The summed E-state index contributed by atoms with van der Waals surface area (Å²) in [6.07, 6.45) is 2.49. The maximum Gasteiger partial charge on any atom is 0.308 e. The summed E-state index contributed by atoms with van der Waals surface area (Å²) in [4.78, 5) is 17.7. The predicted molar refractivity (Wildman–Crippen MR) is 74.3 cm³/mol. The van der Waals surface area contributed by atoms with Gasteiger partial charge in [-0.25, -0.2) is 0 Å². The first-order valence-corrected chi connectivity index (χ1v) is 6.51. The number of pyridine rings is 1. The third-order valence-corrected chi connectivity index (χ3v) is 4.01. The van der Waals surface area contributed by atoms with Gasteiger partial charge in [-0.1, -0.05) is 18.2 Å². The molecule has 1 aromatic heterocycles. The van der Waals surface area contributed by atoms with Crippen LogP contribution in [0.4, 0.5) is 5.69 Å². The zero-order valence-electron chi connectivity index (χ0n) is 10.8. The molecule has 2 unspecified atom stereocenters. The summed E-state index contributed by atoms with van der Waals surface area (Å²) >= 11 is 0. The van der Waals surface area contributed by atoms with Crippen molar-refractivity contribution in [1.82, 2.24) is 4.98 Å². The molecule has 98 valence electrons. The Morgan fingerprint density at radius 2 is 2.16 bits per heavy atom. The van der Waals surface area contributed by atoms with Crippen LogP contribution in [0.5, 0.6) is 0 Å². The second kappa shape index (κ2) is 4.53. The van der Waals surface area contributed by atoms with Crippen LogP contribution in [0.15, 0.2) is 36.5 Å². The number of aromatic nitrogens is 1. The lowest BCUT2D eigenvalue weighted by molar-refractivity contribution is -0.141. The Hall–Kier alpha value is -2.10. The number of para-hydroxylation sites is 1. The summed E-state index contributed by atoms with van der Waals surface area (Å²) in [5.41, 5.74) is 2.04. The van der Waals surface area contributed by atoms with E-state index in [9.17, 15) is 9.90 Å². The Morgan fingerprint density at radius 1 is 1.37 bits per heavy atom. The molecule has 4 nitrogen and oxygen atoms in total. The van der Waals surface area contributed by atoms with Gasteiger partial charge in [-0.15, -0.1) is 0 Å². The third-order valence-electron chi connectivity index (χ3n) is 4.01. The van der Waals surface area contributed by atoms with Gasteiger partial charge < -0.3 is 10.0 Å². The molecule has 1 N–H and O–H groups in total. The van der Waals surface area contributed by atoms with Crippen LogP contribution in [0.25, 0.3) is 10.9 Å². The van der Waals surface area contributed by atoms with Gasteiger partial charge in [-0.3, -0.25) is 9.78 Å². The highest BCUT2D eigenvalue weighted by molar-refractivity contribution is 5.92. The van der Waals surface area contributed by atoms with Crippen LogP contribution in [0.2, 0.25) is 0 Å². The molecule has 0 radical (unpaired) electrons. The van der Waals surface area contributed by atoms with Gasteiger partial charge >= 0.3 is 5.97 Å². The van der Waals surface area contributed by atoms with Crippen LogP contribution in [-0.4, -0.2) is 28.6 Å². The molecule has 0 aliphatic carbocycles. The van der Waals surface area contributed by atoms with Gasteiger partial charge in [-0.2, -0.15) is 0 Å². The van der Waals surface area contributed by atoms with E-state index in [2.05, 4.69) is 9.88 Å². The molecule has 4 heteroatoms. The van der Waals surface area contributed by atoms with E-state index < -0.39 is 5.97 Å². The number of fused-ring (bicyclic) bond motifs is 1. The van der Waals surface area contributed by atoms with Gasteiger partial charge in [0.1, 0.15) is 0 Å². The third kappa shape index (κ3) is 1.93. The van der Waals surface area contributed by atoms with Crippen molar-refractivity contribution in [3.05, 3.63) is 36.5 Å². The Labute approximate surface area is 111 Å². The Balaban J connectivity index is 2.04. The maximum absolute atomic E-state index is 11.2. The van der Waals surface area contributed by atoms with Crippen molar-refractivity contribution in [3.63, 3.8) is 0 Å². The number of nitrogens with zero attached hydrogens (tertiary/aromatic N) is 2. The fraction of sp³-hybridized carbons (Fsp3) is 0.333. The van der Waals surface area contributed by atoms with Crippen molar-refractivity contribution in [3.8, 4) is 0 Å². The van der Waals surface area contributed by atoms with Gasteiger partial charge in [0.2, 0.25) is 0 Å². The second-order valence-corrected chi connectivity index (χ2v) is 5.01. The van der Waals surface area contributed by atoms with Gasteiger partial charge in [-0.05, 0) is 25.5 Å². The Morgan fingerprint density at radius 3 is 2.89 bits per heavy atom. The number of carboxylic acids is 1. The van der Waals surface area contributed by atoms with E-state index in [1.165, 1.54) is 0 Å². The summed E-state index contributed by atoms with van der Waals surface area (Å²) in [5.74, 6) is -0.986. The van der Waals surface area contributed by atoms with Crippen molar-refractivity contribution in [1.29, 1.82) is 0 Å². The smallest absolute Gasteiger partial charge is 0.308 e. The molecule has 3 rings (SSSR count). The highest BCUT2D eigenvalue weighted by Gasteiger charge is 2.36. The molecule has 2 heterocycles. The SMILES string of the molecule is CC1C(C(=O)O)CCN1c1ccnc2ccccc12. The molecule has 0 spiro atoms. The molecular formula is C15H16N2O2. The van der Waals surface area contributed by atoms with E-state index in [4.69, 9.17) is 0 Å². The highest BCUT2D eigenvalue weighted by atomic mass is 16.4. The summed E-state index contributed by atoms with van der Waals surface area (Å²) in [6.45, 7) is 2.77. The molecule has 0 amide bonds. The molecule has 0 saturated carbocycles. The van der Waals surface area contributed by atoms with Crippen LogP contribution in [0.3, 0.4) is 0 Å². The van der Waals surface area contributed by atoms with Gasteiger partial charge in [0.25, 0.3) is 0 Å².